The molecule has 0 spiro atoms. The quantitative estimate of drug-likeness (QED) is 0.496. The number of rotatable bonds is 6. The molecule has 2 amide bonds. The molecule has 0 fully saturated rings. The Morgan fingerprint density at radius 1 is 1.21 bits per heavy atom. The van der Waals surface area contributed by atoms with Gasteiger partial charge in [0.15, 0.2) is 9.84 Å². The Balaban J connectivity index is 2.22. The van der Waals surface area contributed by atoms with Crippen molar-refractivity contribution in [2.24, 2.45) is 0 Å². The number of hydrogen-bond acceptors (Lipinski definition) is 6. The maximum Gasteiger partial charge on any atom is 0.271 e. The molecule has 0 radical (unpaired) electrons. The smallest absolute Gasteiger partial charge is 0.271 e. The van der Waals surface area contributed by atoms with Crippen molar-refractivity contribution in [2.75, 3.05) is 25.2 Å². The molecule has 2 rings (SSSR count). The first kappa shape index (κ1) is 22.5. The van der Waals surface area contributed by atoms with Crippen LogP contribution in [0.4, 0.5) is 11.4 Å². The average Bonchev–Trinajstić information content (AvgIpc) is 2.62. The molecular formula is C18H18BrN3O6S. The predicted octanol–water partition coefficient (Wildman–Crippen LogP) is 2.78. The summed E-state index contributed by atoms with van der Waals surface area (Å²) in [6.07, 6.45) is 0.887. The van der Waals surface area contributed by atoms with Gasteiger partial charge >= 0.3 is 0 Å². The Hall–Kier alpha value is -2.79. The molecule has 0 aliphatic heterocycles. The molecule has 0 heterocycles. The van der Waals surface area contributed by atoms with Gasteiger partial charge in [-0.1, -0.05) is 15.9 Å². The van der Waals surface area contributed by atoms with E-state index in [1.807, 2.05) is 13.0 Å². The summed E-state index contributed by atoms with van der Waals surface area (Å²) in [6, 6.07) is 8.20. The number of benzene rings is 2. The highest BCUT2D eigenvalue weighted by atomic mass is 79.9. The number of aryl methyl sites for hydroxylation is 1. The van der Waals surface area contributed by atoms with Gasteiger partial charge in [0.05, 0.1) is 16.4 Å². The number of anilines is 1. The summed E-state index contributed by atoms with van der Waals surface area (Å²) < 4.78 is 24.4. The highest BCUT2D eigenvalue weighted by molar-refractivity contribution is 9.10. The molecule has 0 saturated heterocycles. The second-order valence-corrected chi connectivity index (χ2v) is 9.34. The average molecular weight is 484 g/mol. The van der Waals surface area contributed by atoms with E-state index < -0.39 is 32.3 Å². The summed E-state index contributed by atoms with van der Waals surface area (Å²) in [5.41, 5.74) is 0.668. The summed E-state index contributed by atoms with van der Waals surface area (Å²) in [4.78, 5) is 35.9. The number of nitrogens with one attached hydrogen (secondary N) is 1. The maximum atomic E-state index is 12.6. The van der Waals surface area contributed by atoms with Crippen LogP contribution in [0.25, 0.3) is 0 Å². The number of nitro groups is 1. The Kier molecular flexibility index (Phi) is 6.75. The Labute approximate surface area is 175 Å². The molecule has 154 valence electrons. The third kappa shape index (κ3) is 5.84. The molecular weight excluding hydrogens is 466 g/mol. The van der Waals surface area contributed by atoms with E-state index in [4.69, 9.17) is 0 Å². The lowest BCUT2D eigenvalue weighted by molar-refractivity contribution is -0.385. The molecule has 0 saturated carbocycles. The second-order valence-electron chi connectivity index (χ2n) is 6.41. The largest absolute Gasteiger partial charge is 0.332 e. The lowest BCUT2D eigenvalue weighted by atomic mass is 10.1. The van der Waals surface area contributed by atoms with Crippen LogP contribution in [-0.4, -0.2) is 49.9 Å². The third-order valence-corrected chi connectivity index (χ3v) is 5.55. The van der Waals surface area contributed by atoms with E-state index in [0.29, 0.717) is 5.69 Å². The summed E-state index contributed by atoms with van der Waals surface area (Å²) in [5.74, 6) is -1.19. The molecule has 11 heteroatoms. The van der Waals surface area contributed by atoms with Gasteiger partial charge in [0, 0.05) is 41.2 Å². The van der Waals surface area contributed by atoms with E-state index in [1.165, 1.54) is 7.05 Å². The van der Waals surface area contributed by atoms with Gasteiger partial charge in [-0.2, -0.15) is 0 Å². The van der Waals surface area contributed by atoms with Crippen LogP contribution in [0.5, 0.6) is 0 Å². The fourth-order valence-electron chi connectivity index (χ4n) is 2.49. The molecule has 0 aliphatic rings. The zero-order valence-electron chi connectivity index (χ0n) is 15.8. The number of carbonyl (C=O) groups is 2. The number of amides is 2. The van der Waals surface area contributed by atoms with Gasteiger partial charge in [0.2, 0.25) is 5.91 Å². The lowest BCUT2D eigenvalue weighted by Crippen LogP contribution is -2.35. The summed E-state index contributed by atoms with van der Waals surface area (Å²) >= 11 is 3.33. The maximum absolute atomic E-state index is 12.6. The molecule has 1 N–H and O–H groups in total. The first-order chi connectivity index (χ1) is 13.4. The zero-order valence-corrected chi connectivity index (χ0v) is 18.2. The lowest BCUT2D eigenvalue weighted by Gasteiger charge is -2.18. The highest BCUT2D eigenvalue weighted by Gasteiger charge is 2.22. The van der Waals surface area contributed by atoms with Crippen LogP contribution in [0.15, 0.2) is 45.8 Å². The Bertz CT molecular complexity index is 1100. The van der Waals surface area contributed by atoms with E-state index in [1.54, 1.807) is 12.1 Å². The van der Waals surface area contributed by atoms with Crippen LogP contribution in [0.2, 0.25) is 0 Å². The van der Waals surface area contributed by atoms with Crippen LogP contribution in [0, 0.1) is 17.0 Å². The number of sulfone groups is 1. The van der Waals surface area contributed by atoms with Gasteiger partial charge in [-0.3, -0.25) is 19.7 Å². The summed E-state index contributed by atoms with van der Waals surface area (Å²) in [5, 5.41) is 13.8. The summed E-state index contributed by atoms with van der Waals surface area (Å²) in [6.45, 7) is 1.48. The van der Waals surface area contributed by atoms with Crippen LogP contribution in [0.3, 0.4) is 0 Å². The SMILES string of the molecule is Cc1cc(Br)ccc1NC(=O)CN(C)C(=O)c1cc([N+](=O)[O-])cc(S(C)(=O)=O)c1. The van der Waals surface area contributed by atoms with Crippen molar-refractivity contribution in [3.8, 4) is 0 Å². The van der Waals surface area contributed by atoms with Crippen LogP contribution < -0.4 is 5.32 Å². The minimum absolute atomic E-state index is 0.199. The molecule has 0 atom stereocenters. The first-order valence-electron chi connectivity index (χ1n) is 8.19. The number of non-ortho nitro benzene ring substituents is 1. The van der Waals surface area contributed by atoms with Crippen LogP contribution in [-0.2, 0) is 14.6 Å². The van der Waals surface area contributed by atoms with Gasteiger partial charge in [-0.25, -0.2) is 8.42 Å². The highest BCUT2D eigenvalue weighted by Crippen LogP contribution is 2.22. The molecule has 9 nitrogen and oxygen atoms in total. The number of halogens is 1. The van der Waals surface area contributed by atoms with Gasteiger partial charge < -0.3 is 10.2 Å². The van der Waals surface area contributed by atoms with Crippen molar-refractivity contribution >= 4 is 49.0 Å². The van der Waals surface area contributed by atoms with Gasteiger partial charge in [0.1, 0.15) is 0 Å². The van der Waals surface area contributed by atoms with Gasteiger partial charge in [0.25, 0.3) is 11.6 Å². The van der Waals surface area contributed by atoms with Gasteiger partial charge in [-0.15, -0.1) is 0 Å². The number of nitrogens with zero attached hydrogens (tertiary/aromatic N) is 2. The van der Waals surface area contributed by atoms with Crippen molar-refractivity contribution in [1.29, 1.82) is 0 Å². The van der Waals surface area contributed by atoms with E-state index in [-0.39, 0.29) is 17.0 Å². The fraction of sp³-hybridized carbons (Fsp3) is 0.222. The Morgan fingerprint density at radius 3 is 2.41 bits per heavy atom. The van der Waals surface area contributed by atoms with Crippen molar-refractivity contribution in [2.45, 2.75) is 11.8 Å². The number of carbonyl (C=O) groups excluding carboxylic acids is 2. The molecule has 0 unspecified atom stereocenters. The Morgan fingerprint density at radius 2 is 1.86 bits per heavy atom. The molecule has 2 aromatic carbocycles. The van der Waals surface area contributed by atoms with E-state index >= 15 is 0 Å². The second kappa shape index (κ2) is 8.70. The minimum Gasteiger partial charge on any atom is -0.332 e. The van der Waals surface area contributed by atoms with Gasteiger partial charge in [-0.05, 0) is 36.8 Å². The topological polar surface area (TPSA) is 127 Å². The minimum atomic E-state index is -3.77. The van der Waals surface area contributed by atoms with Crippen LogP contribution in [0.1, 0.15) is 15.9 Å². The molecule has 0 aromatic heterocycles. The number of likely N-dealkylation sites (N-methyl/N-ethyl adjacent to an activating group) is 1. The van der Waals surface area contributed by atoms with Crippen molar-refractivity contribution in [3.63, 3.8) is 0 Å². The first-order valence-corrected chi connectivity index (χ1v) is 10.9. The van der Waals surface area contributed by atoms with E-state index in [2.05, 4.69) is 21.2 Å². The summed E-state index contributed by atoms with van der Waals surface area (Å²) in [7, 11) is -2.43. The standard InChI is InChI=1S/C18H18BrN3O6S/c1-11-6-13(19)4-5-16(11)20-17(23)10-21(2)18(24)12-7-14(22(25)26)9-15(8-12)29(3,27)28/h4-9H,10H2,1-3H3,(H,20,23). The van der Waals surface area contributed by atoms with Crippen LogP contribution >= 0.6 is 15.9 Å². The fourth-order valence-corrected chi connectivity index (χ4v) is 3.64. The number of nitro benzene ring substituents is 1. The third-order valence-electron chi connectivity index (χ3n) is 3.97. The van der Waals surface area contributed by atoms with E-state index in [0.717, 1.165) is 39.4 Å². The molecule has 0 bridgehead atoms. The predicted molar refractivity (Wildman–Crippen MR) is 111 cm³/mol. The van der Waals surface area contributed by atoms with Crippen molar-refractivity contribution in [1.82, 2.24) is 4.90 Å². The molecule has 29 heavy (non-hydrogen) atoms. The van der Waals surface area contributed by atoms with Crippen molar-refractivity contribution in [3.05, 3.63) is 62.1 Å². The van der Waals surface area contributed by atoms with E-state index in [9.17, 15) is 28.1 Å². The number of hydrogen-bond donors (Lipinski definition) is 1. The molecule has 2 aromatic rings. The monoisotopic (exact) mass is 483 g/mol. The zero-order chi connectivity index (χ0) is 21.9. The van der Waals surface area contributed by atoms with Crippen molar-refractivity contribution < 1.29 is 22.9 Å². The molecule has 0 aliphatic carbocycles. The normalized spacial score (nSPS) is 11.0.